The smallest absolute Gasteiger partial charge is 0.276 e. The van der Waals surface area contributed by atoms with Gasteiger partial charge < -0.3 is 10.1 Å². The van der Waals surface area contributed by atoms with E-state index in [2.05, 4.69) is 22.4 Å². The van der Waals surface area contributed by atoms with E-state index in [1.165, 1.54) is 18.2 Å². The van der Waals surface area contributed by atoms with Gasteiger partial charge in [0.1, 0.15) is 11.3 Å². The molecule has 0 spiro atoms. The van der Waals surface area contributed by atoms with Gasteiger partial charge in [-0.15, -0.1) is 0 Å². The summed E-state index contributed by atoms with van der Waals surface area (Å²) in [6.45, 7) is 2.61. The second kappa shape index (κ2) is 7.95. The number of aromatic nitrogens is 2. The molecule has 0 radical (unpaired) electrons. The van der Waals surface area contributed by atoms with Crippen molar-refractivity contribution in [2.75, 3.05) is 13.7 Å². The number of carbonyl (C=O) groups is 1. The van der Waals surface area contributed by atoms with Gasteiger partial charge in [-0.1, -0.05) is 25.8 Å². The summed E-state index contributed by atoms with van der Waals surface area (Å²) in [5.41, 5.74) is -0.832. The van der Waals surface area contributed by atoms with E-state index >= 15 is 0 Å². The first-order chi connectivity index (χ1) is 12.5. The van der Waals surface area contributed by atoms with E-state index in [0.717, 1.165) is 25.7 Å². The number of fused-ring (bicyclic) bond motifs is 1. The maximum Gasteiger partial charge on any atom is 0.276 e. The standard InChI is InChI=1S/C19H24FN3O3/c1-11-6-8-12(9-7-11)15(10-26-2)21-19(25)17-18(24)13-4-3-5-14(20)16(13)22-23-17/h3-5,11-12,15H,6-10H2,1-2H3,(H,21,25)(H,22,24). The molecule has 2 aromatic rings. The first-order valence-electron chi connectivity index (χ1n) is 8.98. The number of aromatic amines is 1. The molecule has 26 heavy (non-hydrogen) atoms. The normalized spacial score (nSPS) is 21.5. The minimum absolute atomic E-state index is 0.00348. The topological polar surface area (TPSA) is 84.1 Å². The molecular formula is C19H24FN3O3. The summed E-state index contributed by atoms with van der Waals surface area (Å²) in [7, 11) is 1.59. The van der Waals surface area contributed by atoms with Crippen LogP contribution in [0.4, 0.5) is 4.39 Å². The van der Waals surface area contributed by atoms with Crippen molar-refractivity contribution in [2.45, 2.75) is 38.6 Å². The molecule has 0 saturated heterocycles. The van der Waals surface area contributed by atoms with Crippen LogP contribution in [0.2, 0.25) is 0 Å². The fourth-order valence-electron chi connectivity index (χ4n) is 3.67. The van der Waals surface area contributed by atoms with Crippen molar-refractivity contribution >= 4 is 16.8 Å². The van der Waals surface area contributed by atoms with Crippen LogP contribution >= 0.6 is 0 Å². The van der Waals surface area contributed by atoms with Crippen molar-refractivity contribution < 1.29 is 13.9 Å². The second-order valence-electron chi connectivity index (χ2n) is 7.12. The molecule has 140 valence electrons. The molecule has 1 unspecified atom stereocenters. The molecule has 0 aliphatic heterocycles. The Kier molecular flexibility index (Phi) is 5.66. The van der Waals surface area contributed by atoms with Crippen LogP contribution in [-0.2, 0) is 4.74 Å². The zero-order valence-corrected chi connectivity index (χ0v) is 15.0. The van der Waals surface area contributed by atoms with Crippen molar-refractivity contribution in [3.8, 4) is 0 Å². The lowest BCUT2D eigenvalue weighted by Crippen LogP contribution is -2.46. The van der Waals surface area contributed by atoms with Crippen molar-refractivity contribution in [2.24, 2.45) is 11.8 Å². The van der Waals surface area contributed by atoms with Gasteiger partial charge in [0, 0.05) is 7.11 Å². The van der Waals surface area contributed by atoms with E-state index in [1.54, 1.807) is 7.11 Å². The number of hydrogen-bond acceptors (Lipinski definition) is 4. The van der Waals surface area contributed by atoms with Crippen molar-refractivity contribution in [3.05, 3.63) is 39.9 Å². The van der Waals surface area contributed by atoms with E-state index in [9.17, 15) is 14.0 Å². The van der Waals surface area contributed by atoms with Crippen LogP contribution in [0.25, 0.3) is 10.9 Å². The zero-order chi connectivity index (χ0) is 18.7. The molecule has 1 atom stereocenters. The van der Waals surface area contributed by atoms with Crippen LogP contribution in [-0.4, -0.2) is 35.9 Å². The van der Waals surface area contributed by atoms with E-state index in [0.29, 0.717) is 18.4 Å². The summed E-state index contributed by atoms with van der Waals surface area (Å²) in [6.07, 6.45) is 4.27. The minimum atomic E-state index is -0.579. The molecule has 1 fully saturated rings. The summed E-state index contributed by atoms with van der Waals surface area (Å²) < 4.78 is 19.0. The van der Waals surface area contributed by atoms with Crippen LogP contribution in [0, 0.1) is 17.7 Å². The predicted molar refractivity (Wildman–Crippen MR) is 96.6 cm³/mol. The number of nitrogens with zero attached hydrogens (tertiary/aromatic N) is 1. The SMILES string of the molecule is COCC(NC(=O)c1n[nH]c2c(F)cccc2c1=O)C1CCC(C)CC1. The monoisotopic (exact) mass is 361 g/mol. The van der Waals surface area contributed by atoms with Gasteiger partial charge in [-0.25, -0.2) is 4.39 Å². The van der Waals surface area contributed by atoms with Crippen LogP contribution in [0.1, 0.15) is 43.1 Å². The van der Waals surface area contributed by atoms with Gasteiger partial charge in [-0.2, -0.15) is 5.10 Å². The first kappa shape index (κ1) is 18.5. The number of hydrogen-bond donors (Lipinski definition) is 2. The van der Waals surface area contributed by atoms with E-state index in [-0.39, 0.29) is 22.6 Å². The molecule has 3 rings (SSSR count). The second-order valence-corrected chi connectivity index (χ2v) is 7.12. The quantitative estimate of drug-likeness (QED) is 0.857. The third-order valence-corrected chi connectivity index (χ3v) is 5.26. The zero-order valence-electron chi connectivity index (χ0n) is 15.0. The minimum Gasteiger partial charge on any atom is -0.383 e. The Morgan fingerprint density at radius 3 is 2.81 bits per heavy atom. The largest absolute Gasteiger partial charge is 0.383 e. The number of methoxy groups -OCH3 is 1. The van der Waals surface area contributed by atoms with Gasteiger partial charge in [-0.05, 0) is 36.8 Å². The van der Waals surface area contributed by atoms with Gasteiger partial charge >= 0.3 is 0 Å². The average Bonchev–Trinajstić information content (AvgIpc) is 2.63. The molecule has 1 aliphatic rings. The van der Waals surface area contributed by atoms with E-state index in [1.807, 2.05) is 0 Å². The molecule has 6 nitrogen and oxygen atoms in total. The molecule has 7 heteroatoms. The van der Waals surface area contributed by atoms with Crippen molar-refractivity contribution in [1.82, 2.24) is 15.5 Å². The Bertz CT molecular complexity index is 844. The Balaban J connectivity index is 1.82. The maximum atomic E-state index is 13.8. The fourth-order valence-corrected chi connectivity index (χ4v) is 3.67. The number of H-pyrrole nitrogens is 1. The number of halogens is 1. The van der Waals surface area contributed by atoms with Crippen LogP contribution in [0.5, 0.6) is 0 Å². The predicted octanol–water partition coefficient (Wildman–Crippen LogP) is 2.63. The summed E-state index contributed by atoms with van der Waals surface area (Å²) in [5.74, 6) is -0.122. The molecule has 1 heterocycles. The van der Waals surface area contributed by atoms with Gasteiger partial charge in [0.05, 0.1) is 18.0 Å². The molecule has 1 saturated carbocycles. The molecule has 0 bridgehead atoms. The number of rotatable bonds is 5. The lowest BCUT2D eigenvalue weighted by molar-refractivity contribution is 0.0803. The lowest BCUT2D eigenvalue weighted by Gasteiger charge is -2.32. The Hall–Kier alpha value is -2.28. The summed E-state index contributed by atoms with van der Waals surface area (Å²) in [4.78, 5) is 25.2. The highest BCUT2D eigenvalue weighted by Crippen LogP contribution is 2.30. The molecule has 1 aromatic carbocycles. The van der Waals surface area contributed by atoms with Gasteiger partial charge in [-0.3, -0.25) is 14.7 Å². The van der Waals surface area contributed by atoms with Crippen LogP contribution in [0.15, 0.2) is 23.0 Å². The molecule has 1 amide bonds. The summed E-state index contributed by atoms with van der Waals surface area (Å²) in [5, 5.41) is 9.30. The van der Waals surface area contributed by atoms with Crippen LogP contribution in [0.3, 0.4) is 0 Å². The first-order valence-corrected chi connectivity index (χ1v) is 8.98. The van der Waals surface area contributed by atoms with Gasteiger partial charge in [0.25, 0.3) is 5.91 Å². The number of ether oxygens (including phenoxy) is 1. The van der Waals surface area contributed by atoms with E-state index < -0.39 is 17.2 Å². The highest BCUT2D eigenvalue weighted by atomic mass is 19.1. The maximum absolute atomic E-state index is 13.8. The Morgan fingerprint density at radius 1 is 1.38 bits per heavy atom. The highest BCUT2D eigenvalue weighted by Gasteiger charge is 2.28. The number of carbonyl (C=O) groups excluding carboxylic acids is 1. The molecule has 1 aromatic heterocycles. The average molecular weight is 361 g/mol. The number of benzene rings is 1. The number of amides is 1. The molecule has 1 aliphatic carbocycles. The van der Waals surface area contributed by atoms with Crippen LogP contribution < -0.4 is 10.7 Å². The lowest BCUT2D eigenvalue weighted by atomic mass is 9.79. The Morgan fingerprint density at radius 2 is 2.12 bits per heavy atom. The molecular weight excluding hydrogens is 337 g/mol. The fraction of sp³-hybridized carbons (Fsp3) is 0.526. The third-order valence-electron chi connectivity index (χ3n) is 5.26. The van der Waals surface area contributed by atoms with Crippen molar-refractivity contribution in [1.29, 1.82) is 0 Å². The number of para-hydroxylation sites is 1. The Labute approximate surface area is 151 Å². The number of nitrogens with one attached hydrogen (secondary N) is 2. The van der Waals surface area contributed by atoms with Crippen molar-refractivity contribution in [3.63, 3.8) is 0 Å². The van der Waals surface area contributed by atoms with Gasteiger partial charge in [0.15, 0.2) is 5.69 Å². The third kappa shape index (κ3) is 3.77. The highest BCUT2D eigenvalue weighted by molar-refractivity contribution is 5.95. The van der Waals surface area contributed by atoms with Gasteiger partial charge in [0.2, 0.25) is 5.43 Å². The van der Waals surface area contributed by atoms with E-state index in [4.69, 9.17) is 4.74 Å². The summed E-state index contributed by atoms with van der Waals surface area (Å²) in [6, 6.07) is 3.97. The summed E-state index contributed by atoms with van der Waals surface area (Å²) >= 11 is 0. The molecule has 2 N–H and O–H groups in total.